The van der Waals surface area contributed by atoms with Crippen molar-refractivity contribution in [2.24, 2.45) is 5.73 Å². The molecule has 2 N–H and O–H groups in total. The van der Waals surface area contributed by atoms with E-state index in [4.69, 9.17) is 17.3 Å². The van der Waals surface area contributed by atoms with Gasteiger partial charge in [-0.15, -0.1) is 0 Å². The molecule has 1 aliphatic heterocycles. The fourth-order valence-electron chi connectivity index (χ4n) is 2.85. The lowest BCUT2D eigenvalue weighted by Crippen LogP contribution is -2.58. The summed E-state index contributed by atoms with van der Waals surface area (Å²) in [5, 5.41) is 0.756. The Balaban J connectivity index is 1.98. The van der Waals surface area contributed by atoms with Crippen LogP contribution in [0.15, 0.2) is 24.3 Å². The van der Waals surface area contributed by atoms with Crippen LogP contribution >= 0.6 is 11.6 Å². The van der Waals surface area contributed by atoms with E-state index in [1.54, 1.807) is 0 Å². The van der Waals surface area contributed by atoms with Gasteiger partial charge in [-0.05, 0) is 25.5 Å². The molecule has 1 aromatic rings. The molecular formula is C16H24ClN3O. The topological polar surface area (TPSA) is 49.6 Å². The van der Waals surface area contributed by atoms with E-state index < -0.39 is 5.54 Å². The summed E-state index contributed by atoms with van der Waals surface area (Å²) in [5.41, 5.74) is 6.43. The van der Waals surface area contributed by atoms with E-state index in [0.29, 0.717) is 13.1 Å². The van der Waals surface area contributed by atoms with Crippen molar-refractivity contribution in [3.8, 4) is 0 Å². The highest BCUT2D eigenvalue weighted by Gasteiger charge is 2.33. The lowest BCUT2D eigenvalue weighted by molar-refractivity contribution is -0.137. The van der Waals surface area contributed by atoms with Gasteiger partial charge < -0.3 is 15.5 Å². The maximum absolute atomic E-state index is 12.5. The molecule has 0 bridgehead atoms. The van der Waals surface area contributed by atoms with Crippen molar-refractivity contribution in [1.29, 1.82) is 0 Å². The number of carbonyl (C=O) groups is 1. The van der Waals surface area contributed by atoms with Crippen LogP contribution in [0.3, 0.4) is 0 Å². The van der Waals surface area contributed by atoms with Gasteiger partial charge in [-0.1, -0.05) is 37.1 Å². The quantitative estimate of drug-likeness (QED) is 0.929. The smallest absolute Gasteiger partial charge is 0.242 e. The van der Waals surface area contributed by atoms with Gasteiger partial charge >= 0.3 is 0 Å². The van der Waals surface area contributed by atoms with Gasteiger partial charge in [0.1, 0.15) is 0 Å². The second-order valence-electron chi connectivity index (χ2n) is 5.90. The van der Waals surface area contributed by atoms with Gasteiger partial charge in [0.15, 0.2) is 0 Å². The minimum Gasteiger partial charge on any atom is -0.367 e. The first-order valence-electron chi connectivity index (χ1n) is 7.53. The Kier molecular flexibility index (Phi) is 5.12. The predicted molar refractivity (Wildman–Crippen MR) is 87.7 cm³/mol. The standard InChI is InChI=1S/C16H24ClN3O/c1-3-8-16(2,18)15(21)20-11-9-19(10-12-20)14-7-5-4-6-13(14)17/h4-7H,3,8-12,18H2,1-2H3. The van der Waals surface area contributed by atoms with E-state index in [-0.39, 0.29) is 5.91 Å². The van der Waals surface area contributed by atoms with Crippen LogP contribution in [0.1, 0.15) is 26.7 Å². The van der Waals surface area contributed by atoms with Crippen LogP contribution in [0, 0.1) is 0 Å². The van der Waals surface area contributed by atoms with Crippen molar-refractivity contribution >= 4 is 23.2 Å². The van der Waals surface area contributed by atoms with Crippen LogP contribution in [-0.2, 0) is 4.79 Å². The SMILES string of the molecule is CCCC(C)(N)C(=O)N1CCN(c2ccccc2Cl)CC1. The molecule has 1 fully saturated rings. The molecule has 0 aliphatic carbocycles. The van der Waals surface area contributed by atoms with Crippen molar-refractivity contribution in [2.75, 3.05) is 31.1 Å². The summed E-state index contributed by atoms with van der Waals surface area (Å²) in [6.45, 7) is 6.85. The summed E-state index contributed by atoms with van der Waals surface area (Å²) in [4.78, 5) is 16.6. The minimum absolute atomic E-state index is 0.0585. The number of benzene rings is 1. The van der Waals surface area contributed by atoms with Gasteiger partial charge in [0.05, 0.1) is 16.2 Å². The molecule has 4 nitrogen and oxygen atoms in total. The third kappa shape index (κ3) is 3.69. The molecule has 116 valence electrons. The highest BCUT2D eigenvalue weighted by molar-refractivity contribution is 6.33. The number of anilines is 1. The Morgan fingerprint density at radius 3 is 2.48 bits per heavy atom. The summed E-state index contributed by atoms with van der Waals surface area (Å²) in [7, 11) is 0. The molecule has 0 aromatic heterocycles. The summed E-state index contributed by atoms with van der Waals surface area (Å²) < 4.78 is 0. The van der Waals surface area contributed by atoms with Crippen molar-refractivity contribution in [3.63, 3.8) is 0 Å². The van der Waals surface area contributed by atoms with E-state index >= 15 is 0 Å². The molecule has 0 spiro atoms. The molecule has 2 rings (SSSR count). The largest absolute Gasteiger partial charge is 0.367 e. The zero-order valence-corrected chi connectivity index (χ0v) is 13.6. The Hall–Kier alpha value is -1.26. The molecule has 1 atom stereocenters. The van der Waals surface area contributed by atoms with Gasteiger partial charge in [0, 0.05) is 26.2 Å². The third-order valence-corrected chi connectivity index (χ3v) is 4.34. The number of hydrogen-bond donors (Lipinski definition) is 1. The lowest BCUT2D eigenvalue weighted by atomic mass is 9.95. The Morgan fingerprint density at radius 1 is 1.29 bits per heavy atom. The van der Waals surface area contributed by atoms with E-state index in [9.17, 15) is 4.79 Å². The maximum Gasteiger partial charge on any atom is 0.242 e. The Morgan fingerprint density at radius 2 is 1.90 bits per heavy atom. The fourth-order valence-corrected chi connectivity index (χ4v) is 3.10. The van der Waals surface area contributed by atoms with Crippen LogP contribution < -0.4 is 10.6 Å². The maximum atomic E-state index is 12.5. The molecule has 1 amide bonds. The van der Waals surface area contributed by atoms with Crippen LogP contribution in [0.5, 0.6) is 0 Å². The van der Waals surface area contributed by atoms with Gasteiger partial charge in [0.2, 0.25) is 5.91 Å². The zero-order valence-electron chi connectivity index (χ0n) is 12.8. The third-order valence-electron chi connectivity index (χ3n) is 4.02. The van der Waals surface area contributed by atoms with Crippen LogP contribution in [0.2, 0.25) is 5.02 Å². The van der Waals surface area contributed by atoms with Gasteiger partial charge in [-0.3, -0.25) is 4.79 Å². The fraction of sp³-hybridized carbons (Fsp3) is 0.562. The van der Waals surface area contributed by atoms with E-state index in [0.717, 1.165) is 36.6 Å². The van der Waals surface area contributed by atoms with Gasteiger partial charge in [0.25, 0.3) is 0 Å². The molecule has 0 radical (unpaired) electrons. The molecule has 1 aromatic carbocycles. The van der Waals surface area contributed by atoms with Crippen molar-refractivity contribution in [3.05, 3.63) is 29.3 Å². The Bertz CT molecular complexity index is 496. The van der Waals surface area contributed by atoms with Crippen LogP contribution in [0.25, 0.3) is 0 Å². The summed E-state index contributed by atoms with van der Waals surface area (Å²) in [6, 6.07) is 7.82. The molecule has 1 heterocycles. The van der Waals surface area contributed by atoms with Gasteiger partial charge in [-0.25, -0.2) is 0 Å². The predicted octanol–water partition coefficient (Wildman–Crippen LogP) is 2.51. The molecule has 0 saturated carbocycles. The number of rotatable bonds is 4. The van der Waals surface area contributed by atoms with Crippen molar-refractivity contribution < 1.29 is 4.79 Å². The second kappa shape index (κ2) is 6.67. The number of nitrogens with two attached hydrogens (primary N) is 1. The highest BCUT2D eigenvalue weighted by Crippen LogP contribution is 2.26. The lowest BCUT2D eigenvalue weighted by Gasteiger charge is -2.39. The normalized spacial score (nSPS) is 18.5. The number of amides is 1. The monoisotopic (exact) mass is 309 g/mol. The molecule has 5 heteroatoms. The number of nitrogens with zero attached hydrogens (tertiary/aromatic N) is 2. The van der Waals surface area contributed by atoms with Crippen molar-refractivity contribution in [2.45, 2.75) is 32.2 Å². The second-order valence-corrected chi connectivity index (χ2v) is 6.31. The minimum atomic E-state index is -0.749. The Labute approximate surface area is 131 Å². The number of piperazine rings is 1. The summed E-state index contributed by atoms with van der Waals surface area (Å²) >= 11 is 6.23. The van der Waals surface area contributed by atoms with Gasteiger partial charge in [-0.2, -0.15) is 0 Å². The number of carbonyl (C=O) groups excluding carboxylic acids is 1. The summed E-state index contributed by atoms with van der Waals surface area (Å²) in [6.07, 6.45) is 1.63. The molecule has 21 heavy (non-hydrogen) atoms. The first-order chi connectivity index (χ1) is 9.95. The van der Waals surface area contributed by atoms with E-state index in [1.165, 1.54) is 0 Å². The average Bonchev–Trinajstić information content (AvgIpc) is 2.47. The molecule has 1 unspecified atom stereocenters. The first-order valence-corrected chi connectivity index (χ1v) is 7.91. The number of para-hydroxylation sites is 1. The zero-order chi connectivity index (χ0) is 15.5. The molecule has 1 aliphatic rings. The van der Waals surface area contributed by atoms with E-state index in [1.807, 2.05) is 43.0 Å². The van der Waals surface area contributed by atoms with Crippen LogP contribution in [0.4, 0.5) is 5.69 Å². The van der Waals surface area contributed by atoms with Crippen LogP contribution in [-0.4, -0.2) is 42.5 Å². The van der Waals surface area contributed by atoms with E-state index in [2.05, 4.69) is 4.90 Å². The molecular weight excluding hydrogens is 286 g/mol. The average molecular weight is 310 g/mol. The summed E-state index contributed by atoms with van der Waals surface area (Å²) in [5.74, 6) is 0.0585. The highest BCUT2D eigenvalue weighted by atomic mass is 35.5. The number of halogens is 1. The first kappa shape index (κ1) is 16.1. The van der Waals surface area contributed by atoms with Crippen molar-refractivity contribution in [1.82, 2.24) is 4.90 Å². The number of hydrogen-bond acceptors (Lipinski definition) is 3. The molecule has 1 saturated heterocycles.